The van der Waals surface area contributed by atoms with Gasteiger partial charge in [-0.25, -0.2) is 4.79 Å². The molecule has 152 valence electrons. The van der Waals surface area contributed by atoms with Crippen LogP contribution in [0.3, 0.4) is 0 Å². The summed E-state index contributed by atoms with van der Waals surface area (Å²) in [5.41, 5.74) is 8.47. The molecule has 2 aromatic heterocycles. The van der Waals surface area contributed by atoms with Crippen molar-refractivity contribution in [2.75, 3.05) is 25.4 Å². The van der Waals surface area contributed by atoms with Crippen molar-refractivity contribution >= 4 is 28.7 Å². The quantitative estimate of drug-likeness (QED) is 0.647. The Morgan fingerprint density at radius 3 is 2.86 bits per heavy atom. The first-order valence-electron chi connectivity index (χ1n) is 9.51. The lowest BCUT2D eigenvalue weighted by molar-refractivity contribution is 0.0860. The average molecular weight is 398 g/mol. The molecule has 0 unspecified atom stereocenters. The number of nitrogens with zero attached hydrogens (tertiary/aromatic N) is 2. The van der Waals surface area contributed by atoms with E-state index in [-0.39, 0.29) is 18.0 Å². The number of amides is 2. The zero-order valence-electron chi connectivity index (χ0n) is 16.0. The highest BCUT2D eigenvalue weighted by molar-refractivity contribution is 6.04. The van der Waals surface area contributed by atoms with E-state index in [0.29, 0.717) is 60.6 Å². The molecule has 0 saturated carbocycles. The van der Waals surface area contributed by atoms with Crippen molar-refractivity contribution in [3.05, 3.63) is 36.3 Å². The van der Waals surface area contributed by atoms with Crippen molar-refractivity contribution in [2.45, 2.75) is 25.8 Å². The predicted molar refractivity (Wildman–Crippen MR) is 105 cm³/mol. The van der Waals surface area contributed by atoms with Crippen molar-refractivity contribution in [3.8, 4) is 11.3 Å². The molecular formula is C20H22N4O5. The summed E-state index contributed by atoms with van der Waals surface area (Å²) in [6.07, 6.45) is 3.84. The van der Waals surface area contributed by atoms with Crippen LogP contribution in [0.2, 0.25) is 0 Å². The van der Waals surface area contributed by atoms with E-state index in [2.05, 4.69) is 10.5 Å². The van der Waals surface area contributed by atoms with E-state index in [4.69, 9.17) is 19.4 Å². The van der Waals surface area contributed by atoms with Gasteiger partial charge in [0.05, 0.1) is 12.2 Å². The number of rotatable bonds is 4. The zero-order valence-corrected chi connectivity index (χ0v) is 16.0. The maximum absolute atomic E-state index is 12.8. The van der Waals surface area contributed by atoms with Gasteiger partial charge in [-0.2, -0.15) is 0 Å². The Balaban J connectivity index is 1.47. The number of nitrogens with two attached hydrogens (primary N) is 1. The summed E-state index contributed by atoms with van der Waals surface area (Å²) >= 11 is 0. The smallest absolute Gasteiger partial charge is 0.409 e. The Hall–Kier alpha value is -3.49. The Kier molecular flexibility index (Phi) is 5.11. The number of nitrogen functional groups attached to an aromatic ring is 1. The molecule has 1 fully saturated rings. The Bertz CT molecular complexity index is 1030. The van der Waals surface area contributed by atoms with Crippen LogP contribution in [-0.4, -0.2) is 47.8 Å². The molecule has 3 heterocycles. The number of hydrogen-bond donors (Lipinski definition) is 2. The fraction of sp³-hybridized carbons (Fsp3) is 0.350. The number of carbonyl (C=O) groups is 2. The minimum atomic E-state index is -0.315. The molecule has 2 amide bonds. The summed E-state index contributed by atoms with van der Waals surface area (Å²) in [6, 6.07) is 5.24. The molecule has 3 N–H and O–H groups in total. The highest BCUT2D eigenvalue weighted by atomic mass is 16.6. The number of furan rings is 1. The van der Waals surface area contributed by atoms with E-state index < -0.39 is 0 Å². The second kappa shape index (κ2) is 7.86. The van der Waals surface area contributed by atoms with Crippen LogP contribution in [0.25, 0.3) is 22.2 Å². The minimum Gasteiger partial charge on any atom is -0.464 e. The van der Waals surface area contributed by atoms with E-state index in [1.54, 1.807) is 30.0 Å². The third-order valence-electron chi connectivity index (χ3n) is 5.02. The summed E-state index contributed by atoms with van der Waals surface area (Å²) in [7, 11) is 0. The van der Waals surface area contributed by atoms with Crippen molar-refractivity contribution in [3.63, 3.8) is 0 Å². The van der Waals surface area contributed by atoms with Crippen molar-refractivity contribution < 1.29 is 23.3 Å². The number of ether oxygens (including phenoxy) is 1. The van der Waals surface area contributed by atoms with E-state index in [0.717, 1.165) is 5.39 Å². The predicted octanol–water partition coefficient (Wildman–Crippen LogP) is 3.02. The summed E-state index contributed by atoms with van der Waals surface area (Å²) in [4.78, 5) is 26.3. The van der Waals surface area contributed by atoms with Crippen LogP contribution in [0.5, 0.6) is 0 Å². The summed E-state index contributed by atoms with van der Waals surface area (Å²) in [6.45, 7) is 3.19. The van der Waals surface area contributed by atoms with Gasteiger partial charge in [-0.05, 0) is 38.0 Å². The van der Waals surface area contributed by atoms with Crippen LogP contribution < -0.4 is 11.1 Å². The standard InChI is InChI=1S/C20H22N4O5/c1-2-27-20(26)24-7-5-13(6-8-24)22-19(25)16-11-29-23-18(16)15-10-28-17-4-3-12(21)9-14(15)17/h3-4,9-11,13H,2,5-8,21H2,1H3,(H,22,25). The first-order valence-corrected chi connectivity index (χ1v) is 9.51. The maximum atomic E-state index is 12.8. The molecule has 4 rings (SSSR count). The topological polar surface area (TPSA) is 124 Å². The normalized spacial score (nSPS) is 14.9. The number of fused-ring (bicyclic) bond motifs is 1. The number of aromatic nitrogens is 1. The Labute approximate surface area is 166 Å². The highest BCUT2D eigenvalue weighted by Gasteiger charge is 2.27. The van der Waals surface area contributed by atoms with Gasteiger partial charge in [0.2, 0.25) is 0 Å². The van der Waals surface area contributed by atoms with Crippen LogP contribution in [-0.2, 0) is 4.74 Å². The highest BCUT2D eigenvalue weighted by Crippen LogP contribution is 2.33. The van der Waals surface area contributed by atoms with E-state index >= 15 is 0 Å². The third-order valence-corrected chi connectivity index (χ3v) is 5.02. The van der Waals surface area contributed by atoms with Gasteiger partial charge in [0.15, 0.2) is 0 Å². The Morgan fingerprint density at radius 2 is 2.10 bits per heavy atom. The molecule has 1 aromatic carbocycles. The van der Waals surface area contributed by atoms with Crippen molar-refractivity contribution in [2.24, 2.45) is 0 Å². The minimum absolute atomic E-state index is 0.0485. The molecule has 0 spiro atoms. The largest absolute Gasteiger partial charge is 0.464 e. The zero-order chi connectivity index (χ0) is 20.4. The number of benzene rings is 1. The molecule has 9 heteroatoms. The number of carbonyl (C=O) groups excluding carboxylic acids is 2. The number of hydrogen-bond acceptors (Lipinski definition) is 7. The van der Waals surface area contributed by atoms with Gasteiger partial charge in [-0.3, -0.25) is 4.79 Å². The molecule has 0 atom stereocenters. The summed E-state index contributed by atoms with van der Waals surface area (Å²) < 4.78 is 15.6. The van der Waals surface area contributed by atoms with Crippen LogP contribution in [0.1, 0.15) is 30.1 Å². The fourth-order valence-corrected chi connectivity index (χ4v) is 3.51. The fourth-order valence-electron chi connectivity index (χ4n) is 3.51. The van der Waals surface area contributed by atoms with Gasteiger partial charge in [0.1, 0.15) is 29.4 Å². The number of nitrogens with one attached hydrogen (secondary N) is 1. The molecule has 9 nitrogen and oxygen atoms in total. The number of anilines is 1. The number of likely N-dealkylation sites (tertiary alicyclic amines) is 1. The molecule has 1 aliphatic rings. The third kappa shape index (κ3) is 3.75. The average Bonchev–Trinajstić information content (AvgIpc) is 3.35. The number of piperidine rings is 1. The molecule has 0 bridgehead atoms. The van der Waals surface area contributed by atoms with E-state index in [1.807, 2.05) is 0 Å². The van der Waals surface area contributed by atoms with Gasteiger partial charge in [0, 0.05) is 30.2 Å². The first-order chi connectivity index (χ1) is 14.1. The van der Waals surface area contributed by atoms with E-state index in [9.17, 15) is 9.59 Å². The Morgan fingerprint density at radius 1 is 1.31 bits per heavy atom. The lowest BCUT2D eigenvalue weighted by Gasteiger charge is -2.31. The van der Waals surface area contributed by atoms with Gasteiger partial charge in [-0.15, -0.1) is 0 Å². The van der Waals surface area contributed by atoms with Gasteiger partial charge >= 0.3 is 6.09 Å². The van der Waals surface area contributed by atoms with E-state index in [1.165, 1.54) is 12.5 Å². The van der Waals surface area contributed by atoms with Gasteiger partial charge in [-0.1, -0.05) is 5.16 Å². The first kappa shape index (κ1) is 18.9. The van der Waals surface area contributed by atoms with Gasteiger partial charge < -0.3 is 29.6 Å². The monoisotopic (exact) mass is 398 g/mol. The summed E-state index contributed by atoms with van der Waals surface area (Å²) in [5.74, 6) is -0.283. The molecule has 29 heavy (non-hydrogen) atoms. The molecule has 1 saturated heterocycles. The van der Waals surface area contributed by atoms with Crippen LogP contribution >= 0.6 is 0 Å². The second-order valence-electron chi connectivity index (χ2n) is 6.92. The summed E-state index contributed by atoms with van der Waals surface area (Å²) in [5, 5.41) is 7.76. The van der Waals surface area contributed by atoms with Crippen molar-refractivity contribution in [1.82, 2.24) is 15.4 Å². The molecule has 0 radical (unpaired) electrons. The van der Waals surface area contributed by atoms with Crippen LogP contribution in [0, 0.1) is 0 Å². The SMILES string of the molecule is CCOC(=O)N1CCC(NC(=O)c2conc2-c2coc3ccc(N)cc23)CC1. The van der Waals surface area contributed by atoms with Gasteiger partial charge in [0.25, 0.3) is 5.91 Å². The molecule has 1 aliphatic heterocycles. The van der Waals surface area contributed by atoms with Crippen LogP contribution in [0.15, 0.2) is 39.7 Å². The lowest BCUT2D eigenvalue weighted by Crippen LogP contribution is -2.46. The van der Waals surface area contributed by atoms with Crippen molar-refractivity contribution in [1.29, 1.82) is 0 Å². The lowest BCUT2D eigenvalue weighted by atomic mass is 10.0. The molecule has 0 aliphatic carbocycles. The van der Waals surface area contributed by atoms with Crippen LogP contribution in [0.4, 0.5) is 10.5 Å². The second-order valence-corrected chi connectivity index (χ2v) is 6.92. The molecule has 3 aromatic rings. The molecular weight excluding hydrogens is 376 g/mol. The maximum Gasteiger partial charge on any atom is 0.409 e.